The molecule has 1 saturated heterocycles. The number of furan rings is 1. The van der Waals surface area contributed by atoms with Gasteiger partial charge in [0.15, 0.2) is 0 Å². The topological polar surface area (TPSA) is 71.5 Å². The van der Waals surface area contributed by atoms with Crippen molar-refractivity contribution in [1.82, 2.24) is 10.2 Å². The molecule has 1 aliphatic heterocycles. The third kappa shape index (κ3) is 4.34. The van der Waals surface area contributed by atoms with Gasteiger partial charge in [-0.2, -0.15) is 0 Å². The standard InChI is InChI=1S/C21H29N3O2/c1-15-10-11-19(26-15)18(24-12-6-7-13-24)14-23-21(25)16(2)20(22)17-8-4-3-5-9-17/h3-5,8-11,16,18,20H,6-7,12-14,22H2,1-2H3,(H,23,25). The molecule has 0 saturated carbocycles. The van der Waals surface area contributed by atoms with E-state index < -0.39 is 0 Å². The van der Waals surface area contributed by atoms with Crippen LogP contribution in [0, 0.1) is 12.8 Å². The molecule has 5 heteroatoms. The van der Waals surface area contributed by atoms with Gasteiger partial charge in [0.2, 0.25) is 5.91 Å². The Hall–Kier alpha value is -2.11. The summed E-state index contributed by atoms with van der Waals surface area (Å²) < 4.78 is 5.85. The first-order chi connectivity index (χ1) is 12.6. The normalized spacial score (nSPS) is 18.4. The van der Waals surface area contributed by atoms with Crippen molar-refractivity contribution in [3.05, 3.63) is 59.5 Å². The van der Waals surface area contributed by atoms with E-state index in [0.717, 1.165) is 30.2 Å². The van der Waals surface area contributed by atoms with Crippen molar-refractivity contribution in [2.24, 2.45) is 11.7 Å². The monoisotopic (exact) mass is 355 g/mol. The van der Waals surface area contributed by atoms with E-state index >= 15 is 0 Å². The van der Waals surface area contributed by atoms with Gasteiger partial charge >= 0.3 is 0 Å². The van der Waals surface area contributed by atoms with E-state index in [-0.39, 0.29) is 23.9 Å². The average Bonchev–Trinajstić information content (AvgIpc) is 3.33. The highest BCUT2D eigenvalue weighted by Gasteiger charge is 2.28. The van der Waals surface area contributed by atoms with E-state index in [1.165, 1.54) is 12.8 Å². The van der Waals surface area contributed by atoms with Gasteiger partial charge in [-0.1, -0.05) is 37.3 Å². The highest BCUT2D eigenvalue weighted by Crippen LogP contribution is 2.26. The number of benzene rings is 1. The number of aryl methyl sites for hydroxylation is 1. The van der Waals surface area contributed by atoms with E-state index in [0.29, 0.717) is 6.54 Å². The van der Waals surface area contributed by atoms with Crippen molar-refractivity contribution in [3.63, 3.8) is 0 Å². The van der Waals surface area contributed by atoms with Gasteiger partial charge in [-0.25, -0.2) is 0 Å². The van der Waals surface area contributed by atoms with Crippen molar-refractivity contribution >= 4 is 5.91 Å². The molecule has 3 unspecified atom stereocenters. The van der Waals surface area contributed by atoms with Gasteiger partial charge in [0.1, 0.15) is 11.5 Å². The van der Waals surface area contributed by atoms with Gasteiger partial charge in [-0.3, -0.25) is 9.69 Å². The number of rotatable bonds is 7. The van der Waals surface area contributed by atoms with Crippen LogP contribution in [0.2, 0.25) is 0 Å². The summed E-state index contributed by atoms with van der Waals surface area (Å²) in [4.78, 5) is 15.1. The van der Waals surface area contributed by atoms with E-state index in [1.54, 1.807) is 0 Å². The molecule has 3 atom stereocenters. The Morgan fingerprint density at radius 2 is 1.88 bits per heavy atom. The van der Waals surface area contributed by atoms with Gasteiger partial charge in [0, 0.05) is 12.6 Å². The van der Waals surface area contributed by atoms with Crippen LogP contribution in [0.5, 0.6) is 0 Å². The molecule has 3 N–H and O–H groups in total. The number of nitrogens with two attached hydrogens (primary N) is 1. The van der Waals surface area contributed by atoms with Crippen molar-refractivity contribution < 1.29 is 9.21 Å². The first kappa shape index (κ1) is 18.7. The molecule has 1 aromatic heterocycles. The first-order valence-corrected chi connectivity index (χ1v) is 9.45. The Kier molecular flexibility index (Phi) is 6.12. The van der Waals surface area contributed by atoms with Crippen LogP contribution in [0.15, 0.2) is 46.9 Å². The molecule has 2 aromatic rings. The quantitative estimate of drug-likeness (QED) is 0.800. The van der Waals surface area contributed by atoms with Gasteiger partial charge in [0.05, 0.1) is 12.0 Å². The molecule has 1 amide bonds. The lowest BCUT2D eigenvalue weighted by molar-refractivity contribution is -0.125. The Morgan fingerprint density at radius 3 is 2.50 bits per heavy atom. The summed E-state index contributed by atoms with van der Waals surface area (Å²) in [6.07, 6.45) is 2.39. The van der Waals surface area contributed by atoms with Gasteiger partial charge in [0.25, 0.3) is 0 Å². The smallest absolute Gasteiger partial charge is 0.224 e. The lowest BCUT2D eigenvalue weighted by Crippen LogP contribution is -2.41. The zero-order valence-corrected chi connectivity index (χ0v) is 15.7. The van der Waals surface area contributed by atoms with Crippen LogP contribution in [0.1, 0.15) is 48.9 Å². The van der Waals surface area contributed by atoms with E-state index in [2.05, 4.69) is 10.2 Å². The first-order valence-electron chi connectivity index (χ1n) is 9.45. The zero-order chi connectivity index (χ0) is 18.5. The highest BCUT2D eigenvalue weighted by atomic mass is 16.3. The summed E-state index contributed by atoms with van der Waals surface area (Å²) in [5, 5.41) is 3.10. The van der Waals surface area contributed by atoms with Gasteiger partial charge < -0.3 is 15.5 Å². The highest BCUT2D eigenvalue weighted by molar-refractivity contribution is 5.79. The molecule has 140 valence electrons. The third-order valence-corrected chi connectivity index (χ3v) is 5.28. The lowest BCUT2D eigenvalue weighted by atomic mass is 9.94. The molecule has 5 nitrogen and oxygen atoms in total. The van der Waals surface area contributed by atoms with E-state index in [4.69, 9.17) is 10.2 Å². The van der Waals surface area contributed by atoms with Crippen molar-refractivity contribution in [1.29, 1.82) is 0 Å². The van der Waals surface area contributed by atoms with Crippen LogP contribution < -0.4 is 11.1 Å². The minimum absolute atomic E-state index is 0.0196. The van der Waals surface area contributed by atoms with Crippen LogP contribution in [0.25, 0.3) is 0 Å². The summed E-state index contributed by atoms with van der Waals surface area (Å²) in [7, 11) is 0. The second kappa shape index (κ2) is 8.52. The summed E-state index contributed by atoms with van der Waals surface area (Å²) in [5.41, 5.74) is 7.27. The fourth-order valence-corrected chi connectivity index (χ4v) is 3.58. The molecule has 1 fully saturated rings. The predicted octanol–water partition coefficient (Wildman–Crippen LogP) is 3.18. The Morgan fingerprint density at radius 1 is 1.19 bits per heavy atom. The number of hydrogen-bond donors (Lipinski definition) is 2. The van der Waals surface area contributed by atoms with Crippen molar-refractivity contribution in [3.8, 4) is 0 Å². The molecule has 2 heterocycles. The summed E-state index contributed by atoms with van der Waals surface area (Å²) in [5.74, 6) is 1.50. The van der Waals surface area contributed by atoms with Crippen LogP contribution in [0.4, 0.5) is 0 Å². The molecule has 26 heavy (non-hydrogen) atoms. The molecule has 1 aromatic carbocycles. The molecule has 0 spiro atoms. The van der Waals surface area contributed by atoms with Crippen LogP contribution in [0.3, 0.4) is 0 Å². The average molecular weight is 355 g/mol. The molecule has 1 aliphatic rings. The summed E-state index contributed by atoms with van der Waals surface area (Å²) in [6, 6.07) is 13.5. The van der Waals surface area contributed by atoms with Crippen LogP contribution in [-0.2, 0) is 4.79 Å². The molecular weight excluding hydrogens is 326 g/mol. The molecule has 3 rings (SSSR count). The van der Waals surface area contributed by atoms with Crippen LogP contribution >= 0.6 is 0 Å². The number of nitrogens with one attached hydrogen (secondary N) is 1. The maximum absolute atomic E-state index is 12.7. The maximum Gasteiger partial charge on any atom is 0.224 e. The SMILES string of the molecule is Cc1ccc(C(CNC(=O)C(C)C(N)c2ccccc2)N2CCCC2)o1. The molecule has 0 aliphatic carbocycles. The van der Waals surface area contributed by atoms with Gasteiger partial charge in [-0.15, -0.1) is 0 Å². The molecular formula is C21H29N3O2. The second-order valence-electron chi connectivity index (χ2n) is 7.18. The number of likely N-dealkylation sites (tertiary alicyclic amines) is 1. The number of carbonyl (C=O) groups is 1. The second-order valence-corrected chi connectivity index (χ2v) is 7.18. The zero-order valence-electron chi connectivity index (χ0n) is 15.7. The summed E-state index contributed by atoms with van der Waals surface area (Å²) in [6.45, 7) is 6.45. The van der Waals surface area contributed by atoms with E-state index in [9.17, 15) is 4.79 Å². The maximum atomic E-state index is 12.7. The van der Waals surface area contributed by atoms with E-state index in [1.807, 2.05) is 56.3 Å². The Bertz CT molecular complexity index is 707. The van der Waals surface area contributed by atoms with Crippen LogP contribution in [-0.4, -0.2) is 30.4 Å². The molecule has 0 bridgehead atoms. The lowest BCUT2D eigenvalue weighted by Gasteiger charge is -2.27. The molecule has 0 radical (unpaired) electrons. The number of carbonyl (C=O) groups excluding carboxylic acids is 1. The third-order valence-electron chi connectivity index (χ3n) is 5.28. The number of nitrogens with zero attached hydrogens (tertiary/aromatic N) is 1. The van der Waals surface area contributed by atoms with Gasteiger partial charge in [-0.05, 0) is 50.6 Å². The Labute approximate surface area is 155 Å². The number of amides is 1. The minimum atomic E-state index is -0.313. The number of hydrogen-bond acceptors (Lipinski definition) is 4. The fourth-order valence-electron chi connectivity index (χ4n) is 3.58. The van der Waals surface area contributed by atoms with Crippen molar-refractivity contribution in [2.45, 2.75) is 38.8 Å². The summed E-state index contributed by atoms with van der Waals surface area (Å²) >= 11 is 0. The Balaban J connectivity index is 1.63. The largest absolute Gasteiger partial charge is 0.465 e. The fraction of sp³-hybridized carbons (Fsp3) is 0.476. The predicted molar refractivity (Wildman–Crippen MR) is 103 cm³/mol. The van der Waals surface area contributed by atoms with Crippen molar-refractivity contribution in [2.75, 3.05) is 19.6 Å². The minimum Gasteiger partial charge on any atom is -0.465 e.